The van der Waals surface area contributed by atoms with Crippen LogP contribution < -0.4 is 5.32 Å². The van der Waals surface area contributed by atoms with E-state index >= 15 is 0 Å². The predicted octanol–water partition coefficient (Wildman–Crippen LogP) is 3.74. The van der Waals surface area contributed by atoms with E-state index < -0.39 is 11.7 Å². The topological polar surface area (TPSA) is 50.7 Å². The average Bonchev–Trinajstić information content (AvgIpc) is 2.20. The van der Waals surface area contributed by atoms with Gasteiger partial charge in [-0.2, -0.15) is 0 Å². The molecule has 0 aliphatic rings. The Balaban J connectivity index is 2.87. The molecule has 1 amide bonds. The minimum Gasteiger partial charge on any atom is -0.444 e. The third kappa shape index (κ3) is 4.75. The van der Waals surface area contributed by atoms with Gasteiger partial charge in [-0.05, 0) is 39.0 Å². The fourth-order valence-electron chi connectivity index (χ4n) is 1.31. The maximum absolute atomic E-state index is 11.7. The number of aliphatic imine (C=N–C) groups is 1. The minimum absolute atomic E-state index is 0.504. The van der Waals surface area contributed by atoms with Gasteiger partial charge in [-0.1, -0.05) is 11.6 Å². The van der Waals surface area contributed by atoms with Crippen molar-refractivity contribution in [2.24, 2.45) is 4.99 Å². The number of rotatable bonds is 2. The number of hydrogen-bond donors (Lipinski definition) is 1. The van der Waals surface area contributed by atoms with Crippen molar-refractivity contribution in [1.29, 1.82) is 0 Å². The van der Waals surface area contributed by atoms with Gasteiger partial charge in [0.2, 0.25) is 0 Å². The summed E-state index contributed by atoms with van der Waals surface area (Å²) in [6.07, 6.45) is 1.12. The second-order valence-electron chi connectivity index (χ2n) is 4.75. The van der Waals surface area contributed by atoms with Crippen molar-refractivity contribution in [3.05, 3.63) is 28.8 Å². The van der Waals surface area contributed by atoms with Gasteiger partial charge in [0.05, 0.1) is 5.69 Å². The zero-order valence-electron chi connectivity index (χ0n) is 11.0. The van der Waals surface area contributed by atoms with Gasteiger partial charge in [0.15, 0.2) is 0 Å². The zero-order valence-corrected chi connectivity index (χ0v) is 11.7. The molecule has 0 heterocycles. The maximum Gasteiger partial charge on any atom is 0.412 e. The van der Waals surface area contributed by atoms with Crippen LogP contribution in [0, 0.1) is 0 Å². The Morgan fingerprint density at radius 2 is 2.11 bits per heavy atom. The SMILES string of the molecule is CN=Cc1cc(Cl)ccc1NC(=O)OC(C)(C)C. The fraction of sp³-hybridized carbons (Fsp3) is 0.385. The van der Waals surface area contributed by atoms with Crippen molar-refractivity contribution in [2.75, 3.05) is 12.4 Å². The molecule has 98 valence electrons. The summed E-state index contributed by atoms with van der Waals surface area (Å²) in [6.45, 7) is 5.43. The van der Waals surface area contributed by atoms with E-state index in [1.54, 1.807) is 31.5 Å². The molecule has 5 heteroatoms. The van der Waals surface area contributed by atoms with Crippen LogP contribution in [0.3, 0.4) is 0 Å². The van der Waals surface area contributed by atoms with Crippen LogP contribution in [-0.2, 0) is 4.74 Å². The van der Waals surface area contributed by atoms with E-state index in [1.807, 2.05) is 20.8 Å². The summed E-state index contributed by atoms with van der Waals surface area (Å²) in [5.74, 6) is 0. The largest absolute Gasteiger partial charge is 0.444 e. The van der Waals surface area contributed by atoms with Crippen LogP contribution in [0.1, 0.15) is 26.3 Å². The number of carbonyl (C=O) groups excluding carboxylic acids is 1. The highest BCUT2D eigenvalue weighted by Gasteiger charge is 2.16. The molecule has 18 heavy (non-hydrogen) atoms. The molecule has 1 aromatic rings. The molecule has 0 saturated carbocycles. The molecule has 4 nitrogen and oxygen atoms in total. The van der Waals surface area contributed by atoms with E-state index in [-0.39, 0.29) is 0 Å². The van der Waals surface area contributed by atoms with Crippen molar-refractivity contribution < 1.29 is 9.53 Å². The number of nitrogens with zero attached hydrogens (tertiary/aromatic N) is 1. The number of nitrogens with one attached hydrogen (secondary N) is 1. The highest BCUT2D eigenvalue weighted by atomic mass is 35.5. The number of anilines is 1. The highest BCUT2D eigenvalue weighted by Crippen LogP contribution is 2.20. The van der Waals surface area contributed by atoms with E-state index in [1.165, 1.54) is 0 Å². The number of benzene rings is 1. The smallest absolute Gasteiger partial charge is 0.412 e. The van der Waals surface area contributed by atoms with Crippen LogP contribution in [0.25, 0.3) is 0 Å². The first-order valence-corrected chi connectivity index (χ1v) is 5.91. The second-order valence-corrected chi connectivity index (χ2v) is 5.18. The summed E-state index contributed by atoms with van der Waals surface area (Å²) in [7, 11) is 1.65. The van der Waals surface area contributed by atoms with Gasteiger partial charge in [-0.25, -0.2) is 4.79 Å². The van der Waals surface area contributed by atoms with Crippen LogP contribution in [0.2, 0.25) is 5.02 Å². The third-order valence-electron chi connectivity index (χ3n) is 1.92. The van der Waals surface area contributed by atoms with Crippen LogP contribution in [-0.4, -0.2) is 25.0 Å². The number of halogens is 1. The molecule has 0 aromatic heterocycles. The molecule has 1 N–H and O–H groups in total. The molecule has 0 fully saturated rings. The van der Waals surface area contributed by atoms with Crippen molar-refractivity contribution in [1.82, 2.24) is 0 Å². The van der Waals surface area contributed by atoms with Crippen molar-refractivity contribution in [3.8, 4) is 0 Å². The zero-order chi connectivity index (χ0) is 13.8. The first-order chi connectivity index (χ1) is 8.31. The summed E-state index contributed by atoms with van der Waals surface area (Å²) in [5, 5.41) is 3.25. The number of carbonyl (C=O) groups is 1. The number of amides is 1. The predicted molar refractivity (Wildman–Crippen MR) is 74.8 cm³/mol. The molecule has 0 unspecified atom stereocenters. The van der Waals surface area contributed by atoms with Crippen molar-refractivity contribution in [3.63, 3.8) is 0 Å². The van der Waals surface area contributed by atoms with E-state index in [9.17, 15) is 4.79 Å². The lowest BCUT2D eigenvalue weighted by atomic mass is 10.2. The Kier molecular flexibility index (Phi) is 4.73. The molecular weight excluding hydrogens is 252 g/mol. The molecule has 0 atom stereocenters. The Hall–Kier alpha value is -1.55. The van der Waals surface area contributed by atoms with E-state index in [2.05, 4.69) is 10.3 Å². The fourth-order valence-corrected chi connectivity index (χ4v) is 1.49. The summed E-state index contributed by atoms with van der Waals surface area (Å²) in [5.41, 5.74) is 0.810. The van der Waals surface area contributed by atoms with Gasteiger partial charge in [-0.3, -0.25) is 10.3 Å². The average molecular weight is 269 g/mol. The Morgan fingerprint density at radius 1 is 1.44 bits per heavy atom. The normalized spacial score (nSPS) is 11.6. The summed E-state index contributed by atoms with van der Waals surface area (Å²) in [6, 6.07) is 5.13. The molecule has 0 radical (unpaired) electrons. The first kappa shape index (κ1) is 14.5. The van der Waals surface area contributed by atoms with Gasteiger partial charge in [0, 0.05) is 23.8 Å². The molecule has 0 bridgehead atoms. The van der Waals surface area contributed by atoms with E-state index in [0.29, 0.717) is 10.7 Å². The Morgan fingerprint density at radius 3 is 2.67 bits per heavy atom. The lowest BCUT2D eigenvalue weighted by molar-refractivity contribution is 0.0636. The number of hydrogen-bond acceptors (Lipinski definition) is 3. The van der Waals surface area contributed by atoms with Crippen LogP contribution in [0.5, 0.6) is 0 Å². The number of ether oxygens (including phenoxy) is 1. The van der Waals surface area contributed by atoms with Crippen molar-refractivity contribution >= 4 is 29.6 Å². The summed E-state index contributed by atoms with van der Waals surface area (Å²) >= 11 is 5.89. The minimum atomic E-state index is -0.532. The molecule has 0 aliphatic heterocycles. The lowest BCUT2D eigenvalue weighted by Gasteiger charge is -2.20. The van der Waals surface area contributed by atoms with Crippen LogP contribution in [0.4, 0.5) is 10.5 Å². The monoisotopic (exact) mass is 268 g/mol. The molecule has 0 aliphatic carbocycles. The van der Waals surface area contributed by atoms with Crippen molar-refractivity contribution in [2.45, 2.75) is 26.4 Å². The summed E-state index contributed by atoms with van der Waals surface area (Å²) in [4.78, 5) is 15.6. The van der Waals surface area contributed by atoms with Gasteiger partial charge in [0.25, 0.3) is 0 Å². The summed E-state index contributed by atoms with van der Waals surface area (Å²) < 4.78 is 5.18. The molecule has 1 aromatic carbocycles. The first-order valence-electron chi connectivity index (χ1n) is 5.53. The van der Waals surface area contributed by atoms with Gasteiger partial charge >= 0.3 is 6.09 Å². The van der Waals surface area contributed by atoms with Gasteiger partial charge in [-0.15, -0.1) is 0 Å². The molecule has 1 rings (SSSR count). The van der Waals surface area contributed by atoms with E-state index in [0.717, 1.165) is 5.56 Å². The standard InChI is InChI=1S/C13H17ClN2O2/c1-13(2,3)18-12(17)16-11-6-5-10(14)7-9(11)8-15-4/h5-8H,1-4H3,(H,16,17). The Labute approximate surface area is 112 Å². The van der Waals surface area contributed by atoms with Gasteiger partial charge < -0.3 is 4.74 Å². The molecule has 0 saturated heterocycles. The highest BCUT2D eigenvalue weighted by molar-refractivity contribution is 6.31. The lowest BCUT2D eigenvalue weighted by Crippen LogP contribution is -2.27. The van der Waals surface area contributed by atoms with Gasteiger partial charge in [0.1, 0.15) is 5.60 Å². The Bertz CT molecular complexity index is 465. The van der Waals surface area contributed by atoms with E-state index in [4.69, 9.17) is 16.3 Å². The van der Waals surface area contributed by atoms with Crippen LogP contribution >= 0.6 is 11.6 Å². The second kappa shape index (κ2) is 5.87. The quantitative estimate of drug-likeness (QED) is 0.831. The maximum atomic E-state index is 11.7. The molecule has 0 spiro atoms. The molecular formula is C13H17ClN2O2. The third-order valence-corrected chi connectivity index (χ3v) is 2.15. The van der Waals surface area contributed by atoms with Crippen LogP contribution in [0.15, 0.2) is 23.2 Å².